The van der Waals surface area contributed by atoms with Crippen LogP contribution in [0.5, 0.6) is 0 Å². The Labute approximate surface area is 107 Å². The van der Waals surface area contributed by atoms with E-state index in [1.807, 2.05) is 14.0 Å². The highest BCUT2D eigenvalue weighted by Crippen LogP contribution is 2.24. The fourth-order valence-corrected chi connectivity index (χ4v) is 2.48. The molecule has 1 heterocycles. The maximum Gasteiger partial charge on any atom is 0.0768 e. The first-order valence-corrected chi connectivity index (χ1v) is 6.99. The van der Waals surface area contributed by atoms with Crippen molar-refractivity contribution in [2.45, 2.75) is 52.2 Å². The van der Waals surface area contributed by atoms with Crippen molar-refractivity contribution in [2.75, 3.05) is 26.7 Å². The zero-order valence-corrected chi connectivity index (χ0v) is 12.2. The van der Waals surface area contributed by atoms with Crippen LogP contribution in [0.1, 0.15) is 40.5 Å². The van der Waals surface area contributed by atoms with Crippen molar-refractivity contribution >= 4 is 0 Å². The van der Waals surface area contributed by atoms with Crippen molar-refractivity contribution in [1.29, 1.82) is 0 Å². The minimum absolute atomic E-state index is 0.316. The van der Waals surface area contributed by atoms with Gasteiger partial charge in [0.1, 0.15) is 0 Å². The molecule has 2 unspecified atom stereocenters. The molecule has 0 amide bonds. The van der Waals surface area contributed by atoms with E-state index in [-0.39, 0.29) is 0 Å². The quantitative estimate of drug-likeness (QED) is 0.770. The van der Waals surface area contributed by atoms with Gasteiger partial charge in [0.15, 0.2) is 0 Å². The van der Waals surface area contributed by atoms with Gasteiger partial charge >= 0.3 is 0 Å². The first-order valence-electron chi connectivity index (χ1n) is 6.99. The molecule has 0 saturated carbocycles. The topological polar surface area (TPSA) is 35.5 Å². The molecule has 0 aromatic rings. The van der Waals surface area contributed by atoms with Crippen LogP contribution in [0.3, 0.4) is 0 Å². The number of β-amino-alcohol motifs (C(OH)–C–C–N with tert-alkyl or cyclic N) is 1. The van der Waals surface area contributed by atoms with Gasteiger partial charge in [0, 0.05) is 12.6 Å². The average molecular weight is 242 g/mol. The van der Waals surface area contributed by atoms with Crippen LogP contribution >= 0.6 is 0 Å². The standard InChI is InChI=1S/C14H30N2O/c1-11(2)14(4,17)10-16-8-6-13(7-9-16)12(3)15-5/h11-13,15,17H,6-10H2,1-5H3. The summed E-state index contributed by atoms with van der Waals surface area (Å²) in [5.74, 6) is 1.11. The molecule has 102 valence electrons. The lowest BCUT2D eigenvalue weighted by atomic mass is 9.87. The summed E-state index contributed by atoms with van der Waals surface area (Å²) in [7, 11) is 2.04. The van der Waals surface area contributed by atoms with Crippen molar-refractivity contribution in [3.8, 4) is 0 Å². The number of hydrogen-bond donors (Lipinski definition) is 2. The third-order valence-electron chi connectivity index (χ3n) is 4.58. The summed E-state index contributed by atoms with van der Waals surface area (Å²) in [4.78, 5) is 2.42. The molecule has 1 saturated heterocycles. The van der Waals surface area contributed by atoms with Crippen molar-refractivity contribution < 1.29 is 5.11 Å². The van der Waals surface area contributed by atoms with Crippen LogP contribution in [0.2, 0.25) is 0 Å². The third-order valence-corrected chi connectivity index (χ3v) is 4.58. The Hall–Kier alpha value is -0.120. The Morgan fingerprint density at radius 1 is 1.29 bits per heavy atom. The van der Waals surface area contributed by atoms with Crippen molar-refractivity contribution in [1.82, 2.24) is 10.2 Å². The second-order valence-corrected chi connectivity index (χ2v) is 6.20. The predicted octanol–water partition coefficient (Wildman–Crippen LogP) is 1.71. The average Bonchev–Trinajstić information content (AvgIpc) is 2.28. The molecule has 1 rings (SSSR count). The van der Waals surface area contributed by atoms with Crippen LogP contribution < -0.4 is 5.32 Å². The van der Waals surface area contributed by atoms with E-state index >= 15 is 0 Å². The lowest BCUT2D eigenvalue weighted by molar-refractivity contribution is -0.0267. The van der Waals surface area contributed by atoms with Gasteiger partial charge < -0.3 is 15.3 Å². The molecule has 17 heavy (non-hydrogen) atoms. The van der Waals surface area contributed by atoms with E-state index < -0.39 is 5.60 Å². The van der Waals surface area contributed by atoms with Crippen LogP contribution in [0, 0.1) is 11.8 Å². The van der Waals surface area contributed by atoms with E-state index in [9.17, 15) is 5.11 Å². The summed E-state index contributed by atoms with van der Waals surface area (Å²) in [5.41, 5.74) is -0.554. The van der Waals surface area contributed by atoms with Gasteiger partial charge in [-0.3, -0.25) is 0 Å². The molecule has 3 nitrogen and oxygen atoms in total. The highest BCUT2D eigenvalue weighted by atomic mass is 16.3. The molecule has 0 spiro atoms. The highest BCUT2D eigenvalue weighted by molar-refractivity contribution is 4.85. The van der Waals surface area contributed by atoms with Crippen molar-refractivity contribution in [3.63, 3.8) is 0 Å². The number of nitrogens with zero attached hydrogens (tertiary/aromatic N) is 1. The minimum atomic E-state index is -0.554. The zero-order chi connectivity index (χ0) is 13.1. The monoisotopic (exact) mass is 242 g/mol. The van der Waals surface area contributed by atoms with Crippen molar-refractivity contribution in [2.24, 2.45) is 11.8 Å². The van der Waals surface area contributed by atoms with E-state index in [0.29, 0.717) is 12.0 Å². The van der Waals surface area contributed by atoms with Gasteiger partial charge in [-0.05, 0) is 58.7 Å². The molecule has 3 heteroatoms. The van der Waals surface area contributed by atoms with Crippen LogP contribution in [0.25, 0.3) is 0 Å². The van der Waals surface area contributed by atoms with Gasteiger partial charge in [-0.1, -0.05) is 13.8 Å². The fourth-order valence-electron chi connectivity index (χ4n) is 2.48. The van der Waals surface area contributed by atoms with Gasteiger partial charge in [0.25, 0.3) is 0 Å². The van der Waals surface area contributed by atoms with Gasteiger partial charge in [0.05, 0.1) is 5.60 Å². The molecular weight excluding hydrogens is 212 g/mol. The first-order chi connectivity index (χ1) is 7.86. The minimum Gasteiger partial charge on any atom is -0.389 e. The number of hydrogen-bond acceptors (Lipinski definition) is 3. The largest absolute Gasteiger partial charge is 0.389 e. The van der Waals surface area contributed by atoms with Gasteiger partial charge in [0.2, 0.25) is 0 Å². The second kappa shape index (κ2) is 6.17. The van der Waals surface area contributed by atoms with Crippen molar-refractivity contribution in [3.05, 3.63) is 0 Å². The molecule has 0 aliphatic carbocycles. The normalized spacial score (nSPS) is 24.9. The number of nitrogens with one attached hydrogen (secondary N) is 1. The summed E-state index contributed by atoms with van der Waals surface area (Å²) < 4.78 is 0. The molecule has 1 aliphatic rings. The van der Waals surface area contributed by atoms with Gasteiger partial charge in [-0.25, -0.2) is 0 Å². The lowest BCUT2D eigenvalue weighted by Crippen LogP contribution is -2.48. The van der Waals surface area contributed by atoms with E-state index in [0.717, 1.165) is 25.6 Å². The summed E-state index contributed by atoms with van der Waals surface area (Å²) in [6.07, 6.45) is 2.49. The summed E-state index contributed by atoms with van der Waals surface area (Å²) >= 11 is 0. The SMILES string of the molecule is CNC(C)C1CCN(CC(C)(O)C(C)C)CC1. The first kappa shape index (κ1) is 14.9. The molecule has 0 radical (unpaired) electrons. The summed E-state index contributed by atoms with van der Waals surface area (Å²) in [5, 5.41) is 13.7. The van der Waals surface area contributed by atoms with E-state index in [1.54, 1.807) is 0 Å². The Morgan fingerprint density at radius 2 is 1.82 bits per heavy atom. The summed E-state index contributed by atoms with van der Waals surface area (Å²) in [6.45, 7) is 11.5. The molecule has 0 aromatic carbocycles. The molecule has 2 atom stereocenters. The molecule has 1 aliphatic heterocycles. The fraction of sp³-hybridized carbons (Fsp3) is 1.00. The van der Waals surface area contributed by atoms with Gasteiger partial charge in [-0.15, -0.1) is 0 Å². The number of likely N-dealkylation sites (tertiary alicyclic amines) is 1. The number of rotatable bonds is 5. The predicted molar refractivity (Wildman–Crippen MR) is 73.1 cm³/mol. The van der Waals surface area contributed by atoms with Crippen LogP contribution in [0.4, 0.5) is 0 Å². The summed E-state index contributed by atoms with van der Waals surface area (Å²) in [6, 6.07) is 0.614. The molecule has 0 bridgehead atoms. The highest BCUT2D eigenvalue weighted by Gasteiger charge is 2.30. The van der Waals surface area contributed by atoms with E-state index in [4.69, 9.17) is 0 Å². The van der Waals surface area contributed by atoms with E-state index in [2.05, 4.69) is 31.0 Å². The third kappa shape index (κ3) is 4.23. The van der Waals surface area contributed by atoms with E-state index in [1.165, 1.54) is 12.8 Å². The maximum atomic E-state index is 10.3. The van der Waals surface area contributed by atoms with Crippen LogP contribution in [-0.4, -0.2) is 48.3 Å². The molecule has 2 N–H and O–H groups in total. The molecule has 0 aromatic heterocycles. The Kier molecular flexibility index (Phi) is 5.42. The number of aliphatic hydroxyl groups is 1. The Bertz CT molecular complexity index is 220. The second-order valence-electron chi connectivity index (χ2n) is 6.20. The molecule has 1 fully saturated rings. The van der Waals surface area contributed by atoms with Crippen LogP contribution in [0.15, 0.2) is 0 Å². The smallest absolute Gasteiger partial charge is 0.0768 e. The van der Waals surface area contributed by atoms with Crippen LogP contribution in [-0.2, 0) is 0 Å². The molecular formula is C14H30N2O. The lowest BCUT2D eigenvalue weighted by Gasteiger charge is -2.39. The zero-order valence-electron chi connectivity index (χ0n) is 12.2. The maximum absolute atomic E-state index is 10.3. The Morgan fingerprint density at radius 3 is 2.24 bits per heavy atom. The number of piperidine rings is 1. The van der Waals surface area contributed by atoms with Gasteiger partial charge in [-0.2, -0.15) is 0 Å². The Balaban J connectivity index is 2.37.